The van der Waals surface area contributed by atoms with Gasteiger partial charge in [0, 0.05) is 22.6 Å². The van der Waals surface area contributed by atoms with Crippen LogP contribution in [0.1, 0.15) is 31.8 Å². The number of benzene rings is 2. The average molecular weight is 339 g/mol. The van der Waals surface area contributed by atoms with Crippen molar-refractivity contribution in [3.05, 3.63) is 70.8 Å². The zero-order valence-corrected chi connectivity index (χ0v) is 13.3. The van der Waals surface area contributed by atoms with Gasteiger partial charge in [-0.3, -0.25) is 9.59 Å². The molecule has 21 heavy (non-hydrogen) atoms. The maximum Gasteiger partial charge on any atom is 0.252 e. The van der Waals surface area contributed by atoms with Crippen LogP contribution in [0.5, 0.6) is 0 Å². The van der Waals surface area contributed by atoms with Crippen LogP contribution >= 0.6 is 35.0 Å². The van der Waals surface area contributed by atoms with Gasteiger partial charge in [0.1, 0.15) is 0 Å². The van der Waals surface area contributed by atoms with Gasteiger partial charge >= 0.3 is 0 Å². The van der Waals surface area contributed by atoms with Crippen LogP contribution in [-0.4, -0.2) is 10.5 Å². The van der Waals surface area contributed by atoms with Gasteiger partial charge in [-0.25, -0.2) is 0 Å². The molecule has 2 rings (SSSR count). The molecule has 108 valence electrons. The van der Waals surface area contributed by atoms with E-state index in [2.05, 4.69) is 0 Å². The molecule has 0 saturated carbocycles. The van der Waals surface area contributed by atoms with E-state index in [9.17, 15) is 9.59 Å². The molecule has 0 amide bonds. The molecule has 0 unspecified atom stereocenters. The molecule has 0 bridgehead atoms. The van der Waals surface area contributed by atoms with E-state index in [4.69, 9.17) is 23.2 Å². The van der Waals surface area contributed by atoms with E-state index in [1.165, 1.54) is 0 Å². The van der Waals surface area contributed by atoms with Gasteiger partial charge < -0.3 is 0 Å². The molecule has 0 aromatic heterocycles. The van der Waals surface area contributed by atoms with Crippen molar-refractivity contribution < 1.29 is 9.59 Å². The fourth-order valence-electron chi connectivity index (χ4n) is 1.75. The first-order chi connectivity index (χ1) is 10.1. The van der Waals surface area contributed by atoms with Crippen molar-refractivity contribution in [3.63, 3.8) is 0 Å². The Kier molecular flexibility index (Phi) is 5.85. The summed E-state index contributed by atoms with van der Waals surface area (Å²) in [5, 5.41) is -0.883. The van der Waals surface area contributed by atoms with E-state index in [1.807, 2.05) is 24.3 Å². The Bertz CT molecular complexity index is 579. The van der Waals surface area contributed by atoms with Crippen molar-refractivity contribution in [2.24, 2.45) is 0 Å². The summed E-state index contributed by atoms with van der Waals surface area (Å²) in [4.78, 5) is 21.9. The van der Waals surface area contributed by atoms with Gasteiger partial charge in [-0.1, -0.05) is 24.3 Å². The van der Waals surface area contributed by atoms with Gasteiger partial charge in [-0.15, -0.1) is 0 Å². The molecule has 2 aromatic rings. The Balaban J connectivity index is 1.86. The van der Waals surface area contributed by atoms with Crippen molar-refractivity contribution in [3.8, 4) is 0 Å². The Morgan fingerprint density at radius 3 is 1.33 bits per heavy atom. The molecule has 0 fully saturated rings. The third kappa shape index (κ3) is 4.88. The van der Waals surface area contributed by atoms with E-state index in [1.54, 1.807) is 36.0 Å². The topological polar surface area (TPSA) is 34.1 Å². The number of hydrogen-bond acceptors (Lipinski definition) is 3. The number of carbonyl (C=O) groups is 2. The Hall–Kier alpha value is -1.29. The number of rotatable bonds is 6. The second kappa shape index (κ2) is 7.64. The molecule has 0 heterocycles. The lowest BCUT2D eigenvalue weighted by atomic mass is 10.2. The molecule has 0 aliphatic carbocycles. The van der Waals surface area contributed by atoms with Gasteiger partial charge in [0.05, 0.1) is 0 Å². The van der Waals surface area contributed by atoms with Crippen molar-refractivity contribution in [2.45, 2.75) is 11.5 Å². The predicted molar refractivity (Wildman–Crippen MR) is 88.3 cm³/mol. The minimum atomic E-state index is -0.442. The first kappa shape index (κ1) is 16.1. The summed E-state index contributed by atoms with van der Waals surface area (Å²) >= 11 is 12.5. The fourth-order valence-corrected chi connectivity index (χ4v) is 2.96. The second-order valence-electron chi connectivity index (χ2n) is 4.43. The standard InChI is InChI=1S/C16H12Cl2O2S/c17-15(19)13-5-1-11(2-6-13)9-21-10-12-3-7-14(8-4-12)16(18)20/h1-8H,9-10H2. The van der Waals surface area contributed by atoms with Crippen LogP contribution in [0, 0.1) is 0 Å². The SMILES string of the molecule is O=C(Cl)c1ccc(CSCc2ccc(C(=O)Cl)cc2)cc1. The molecule has 0 radical (unpaired) electrons. The molecule has 0 atom stereocenters. The third-order valence-electron chi connectivity index (χ3n) is 2.90. The lowest BCUT2D eigenvalue weighted by Crippen LogP contribution is -1.90. The number of carbonyl (C=O) groups excluding carboxylic acids is 2. The molecule has 0 saturated heterocycles. The minimum absolute atomic E-state index is 0.442. The van der Waals surface area contributed by atoms with E-state index < -0.39 is 10.5 Å². The van der Waals surface area contributed by atoms with Crippen molar-refractivity contribution in [1.82, 2.24) is 0 Å². The number of thioether (sulfide) groups is 1. The van der Waals surface area contributed by atoms with Crippen LogP contribution in [0.4, 0.5) is 0 Å². The maximum absolute atomic E-state index is 11.0. The third-order valence-corrected chi connectivity index (χ3v) is 4.41. The predicted octanol–water partition coefficient (Wildman–Crippen LogP) is 4.88. The van der Waals surface area contributed by atoms with Crippen LogP contribution in [0.3, 0.4) is 0 Å². The molecule has 0 spiro atoms. The highest BCUT2D eigenvalue weighted by molar-refractivity contribution is 7.97. The van der Waals surface area contributed by atoms with Crippen LogP contribution in [-0.2, 0) is 11.5 Å². The molecule has 2 nitrogen and oxygen atoms in total. The summed E-state index contributed by atoms with van der Waals surface area (Å²) < 4.78 is 0. The van der Waals surface area contributed by atoms with E-state index >= 15 is 0 Å². The number of hydrogen-bond donors (Lipinski definition) is 0. The Morgan fingerprint density at radius 2 is 1.05 bits per heavy atom. The van der Waals surface area contributed by atoms with Crippen LogP contribution in [0.25, 0.3) is 0 Å². The Labute approximate surface area is 137 Å². The molecular formula is C16H12Cl2O2S. The Morgan fingerprint density at radius 1 is 0.714 bits per heavy atom. The molecule has 0 aliphatic rings. The van der Waals surface area contributed by atoms with E-state index in [0.29, 0.717) is 11.1 Å². The van der Waals surface area contributed by atoms with Crippen molar-refractivity contribution in [1.29, 1.82) is 0 Å². The quantitative estimate of drug-likeness (QED) is 0.704. The summed E-state index contributed by atoms with van der Waals surface area (Å²) in [5.41, 5.74) is 3.28. The maximum atomic E-state index is 11.0. The molecule has 0 N–H and O–H groups in total. The highest BCUT2D eigenvalue weighted by Gasteiger charge is 2.03. The first-order valence-corrected chi connectivity index (χ1v) is 8.12. The highest BCUT2D eigenvalue weighted by Crippen LogP contribution is 2.19. The lowest BCUT2D eigenvalue weighted by molar-refractivity contribution is 0.107. The van der Waals surface area contributed by atoms with E-state index in [-0.39, 0.29) is 0 Å². The van der Waals surface area contributed by atoms with Gasteiger partial charge in [-0.05, 0) is 58.6 Å². The average Bonchev–Trinajstić information content (AvgIpc) is 2.48. The zero-order valence-electron chi connectivity index (χ0n) is 11.0. The summed E-state index contributed by atoms with van der Waals surface area (Å²) in [6.45, 7) is 0. The van der Waals surface area contributed by atoms with Crippen molar-refractivity contribution in [2.75, 3.05) is 0 Å². The summed E-state index contributed by atoms with van der Waals surface area (Å²) in [5.74, 6) is 1.68. The van der Waals surface area contributed by atoms with Crippen molar-refractivity contribution >= 4 is 45.4 Å². The molecular weight excluding hydrogens is 327 g/mol. The second-order valence-corrected chi connectivity index (χ2v) is 6.11. The van der Waals surface area contributed by atoms with Gasteiger partial charge in [0.2, 0.25) is 0 Å². The van der Waals surface area contributed by atoms with Gasteiger partial charge in [0.15, 0.2) is 0 Å². The minimum Gasteiger partial charge on any atom is -0.276 e. The summed E-state index contributed by atoms with van der Waals surface area (Å²) in [6.07, 6.45) is 0. The zero-order chi connectivity index (χ0) is 15.2. The first-order valence-electron chi connectivity index (χ1n) is 6.21. The summed E-state index contributed by atoms with van der Waals surface area (Å²) in [6, 6.07) is 14.5. The van der Waals surface area contributed by atoms with Gasteiger partial charge in [-0.2, -0.15) is 11.8 Å². The fraction of sp³-hybridized carbons (Fsp3) is 0.125. The highest BCUT2D eigenvalue weighted by atomic mass is 35.5. The molecule has 2 aromatic carbocycles. The van der Waals surface area contributed by atoms with E-state index in [0.717, 1.165) is 22.6 Å². The van der Waals surface area contributed by atoms with Crippen LogP contribution < -0.4 is 0 Å². The normalized spacial score (nSPS) is 10.4. The van der Waals surface area contributed by atoms with Gasteiger partial charge in [0.25, 0.3) is 10.5 Å². The number of halogens is 2. The largest absolute Gasteiger partial charge is 0.276 e. The smallest absolute Gasteiger partial charge is 0.252 e. The lowest BCUT2D eigenvalue weighted by Gasteiger charge is -2.04. The van der Waals surface area contributed by atoms with Crippen LogP contribution in [0.2, 0.25) is 0 Å². The molecule has 5 heteroatoms. The monoisotopic (exact) mass is 338 g/mol. The summed E-state index contributed by atoms with van der Waals surface area (Å²) in [7, 11) is 0. The van der Waals surface area contributed by atoms with Crippen LogP contribution in [0.15, 0.2) is 48.5 Å². The molecule has 0 aliphatic heterocycles.